The molecule has 0 aromatic heterocycles. The van der Waals surface area contributed by atoms with Gasteiger partial charge in [-0.2, -0.15) is 0 Å². The standard InChI is InChI=1S/C15H25BrO2/c16-11-14(5-3-9-17-12-14)10-13-4-8-15(18-13)6-1-2-7-15/h13H,1-12H2. The minimum Gasteiger partial charge on any atom is -0.381 e. The Labute approximate surface area is 119 Å². The van der Waals surface area contributed by atoms with Gasteiger partial charge in [0, 0.05) is 17.4 Å². The molecule has 3 rings (SSSR count). The predicted molar refractivity (Wildman–Crippen MR) is 76.2 cm³/mol. The molecule has 104 valence electrons. The Morgan fingerprint density at radius 1 is 1.06 bits per heavy atom. The molecular weight excluding hydrogens is 292 g/mol. The number of ether oxygens (including phenoxy) is 2. The van der Waals surface area contributed by atoms with E-state index in [4.69, 9.17) is 9.47 Å². The average Bonchev–Trinajstić information content (AvgIpc) is 3.02. The van der Waals surface area contributed by atoms with Crippen LogP contribution in [0.15, 0.2) is 0 Å². The lowest BCUT2D eigenvalue weighted by atomic mass is 9.79. The average molecular weight is 317 g/mol. The lowest BCUT2D eigenvalue weighted by Gasteiger charge is -2.37. The van der Waals surface area contributed by atoms with Gasteiger partial charge in [-0.3, -0.25) is 0 Å². The topological polar surface area (TPSA) is 18.5 Å². The van der Waals surface area contributed by atoms with Crippen LogP contribution in [0.3, 0.4) is 0 Å². The molecule has 2 aliphatic heterocycles. The van der Waals surface area contributed by atoms with Crippen molar-refractivity contribution in [1.82, 2.24) is 0 Å². The van der Waals surface area contributed by atoms with Crippen LogP contribution in [0.4, 0.5) is 0 Å². The number of hydrogen-bond acceptors (Lipinski definition) is 2. The molecule has 3 aliphatic rings. The summed E-state index contributed by atoms with van der Waals surface area (Å²) in [7, 11) is 0. The highest BCUT2D eigenvalue weighted by Gasteiger charge is 2.45. The Morgan fingerprint density at radius 2 is 1.89 bits per heavy atom. The second kappa shape index (κ2) is 5.41. The summed E-state index contributed by atoms with van der Waals surface area (Å²) in [6.45, 7) is 1.87. The van der Waals surface area contributed by atoms with E-state index in [1.54, 1.807) is 0 Å². The number of alkyl halides is 1. The van der Waals surface area contributed by atoms with E-state index in [1.807, 2.05) is 0 Å². The second-order valence-electron chi connectivity index (χ2n) is 6.66. The van der Waals surface area contributed by atoms with E-state index in [0.717, 1.165) is 18.5 Å². The molecule has 1 aliphatic carbocycles. The molecule has 2 unspecified atom stereocenters. The van der Waals surface area contributed by atoms with Crippen molar-refractivity contribution < 1.29 is 9.47 Å². The van der Waals surface area contributed by atoms with Crippen molar-refractivity contribution in [3.05, 3.63) is 0 Å². The van der Waals surface area contributed by atoms with Gasteiger partial charge in [0.2, 0.25) is 0 Å². The van der Waals surface area contributed by atoms with Crippen molar-refractivity contribution in [3.8, 4) is 0 Å². The highest BCUT2D eigenvalue weighted by atomic mass is 79.9. The molecular formula is C15H25BrO2. The molecule has 18 heavy (non-hydrogen) atoms. The summed E-state index contributed by atoms with van der Waals surface area (Å²) in [5.74, 6) is 0. The summed E-state index contributed by atoms with van der Waals surface area (Å²) in [5.41, 5.74) is 0.626. The Kier molecular flexibility index (Phi) is 4.03. The molecule has 0 radical (unpaired) electrons. The largest absolute Gasteiger partial charge is 0.381 e. The van der Waals surface area contributed by atoms with Crippen molar-refractivity contribution >= 4 is 15.9 Å². The SMILES string of the molecule is BrCC1(CC2CCC3(CCCC3)O2)CCCOC1. The molecule has 3 heteroatoms. The van der Waals surface area contributed by atoms with Crippen molar-refractivity contribution in [2.45, 2.75) is 69.5 Å². The Bertz CT molecular complexity index is 280. The first-order valence-corrected chi connectivity index (χ1v) is 8.70. The van der Waals surface area contributed by atoms with Crippen LogP contribution in [0.25, 0.3) is 0 Å². The maximum absolute atomic E-state index is 6.46. The smallest absolute Gasteiger partial charge is 0.0687 e. The van der Waals surface area contributed by atoms with Crippen LogP contribution in [0.1, 0.15) is 57.8 Å². The van der Waals surface area contributed by atoms with E-state index in [-0.39, 0.29) is 5.60 Å². The number of hydrogen-bond donors (Lipinski definition) is 0. The molecule has 0 N–H and O–H groups in total. The van der Waals surface area contributed by atoms with Gasteiger partial charge in [-0.05, 0) is 44.9 Å². The third-order valence-corrected chi connectivity index (χ3v) is 6.39. The fraction of sp³-hybridized carbons (Fsp3) is 1.00. The maximum atomic E-state index is 6.46. The van der Waals surface area contributed by atoms with Crippen molar-refractivity contribution in [3.63, 3.8) is 0 Å². The normalized spacial score (nSPS) is 39.5. The van der Waals surface area contributed by atoms with E-state index in [2.05, 4.69) is 15.9 Å². The third kappa shape index (κ3) is 2.64. The van der Waals surface area contributed by atoms with E-state index in [9.17, 15) is 0 Å². The molecule has 1 saturated carbocycles. The quantitative estimate of drug-likeness (QED) is 0.731. The first-order chi connectivity index (χ1) is 8.76. The van der Waals surface area contributed by atoms with Crippen LogP contribution in [-0.4, -0.2) is 30.2 Å². The molecule has 2 nitrogen and oxygen atoms in total. The van der Waals surface area contributed by atoms with Gasteiger partial charge < -0.3 is 9.47 Å². The van der Waals surface area contributed by atoms with Crippen molar-refractivity contribution in [2.75, 3.05) is 18.5 Å². The van der Waals surface area contributed by atoms with Crippen molar-refractivity contribution in [2.24, 2.45) is 5.41 Å². The van der Waals surface area contributed by atoms with Crippen LogP contribution < -0.4 is 0 Å². The van der Waals surface area contributed by atoms with Crippen LogP contribution in [0.2, 0.25) is 0 Å². The molecule has 0 aromatic carbocycles. The Morgan fingerprint density at radius 3 is 2.56 bits per heavy atom. The summed E-state index contributed by atoms with van der Waals surface area (Å²) in [6.07, 6.45) is 12.1. The number of rotatable bonds is 3. The zero-order valence-electron chi connectivity index (χ0n) is 11.3. The van der Waals surface area contributed by atoms with Crippen molar-refractivity contribution in [1.29, 1.82) is 0 Å². The summed E-state index contributed by atoms with van der Waals surface area (Å²) in [4.78, 5) is 0. The van der Waals surface area contributed by atoms with Gasteiger partial charge in [-0.15, -0.1) is 0 Å². The monoisotopic (exact) mass is 316 g/mol. The second-order valence-corrected chi connectivity index (χ2v) is 7.22. The zero-order valence-corrected chi connectivity index (χ0v) is 12.8. The summed E-state index contributed by atoms with van der Waals surface area (Å²) in [5, 5.41) is 1.06. The van der Waals surface area contributed by atoms with Gasteiger partial charge in [-0.25, -0.2) is 0 Å². The van der Waals surface area contributed by atoms with Crippen LogP contribution in [-0.2, 0) is 9.47 Å². The molecule has 0 aromatic rings. The lowest BCUT2D eigenvalue weighted by molar-refractivity contribution is -0.0731. The van der Waals surface area contributed by atoms with Gasteiger partial charge in [0.1, 0.15) is 0 Å². The van der Waals surface area contributed by atoms with Gasteiger partial charge in [-0.1, -0.05) is 28.8 Å². The zero-order chi connectivity index (χ0) is 12.5. The molecule has 1 spiro atoms. The maximum Gasteiger partial charge on any atom is 0.0687 e. The summed E-state index contributed by atoms with van der Waals surface area (Å²) >= 11 is 3.71. The highest BCUT2D eigenvalue weighted by Crippen LogP contribution is 2.47. The van der Waals surface area contributed by atoms with Gasteiger partial charge >= 0.3 is 0 Å². The predicted octanol–water partition coefficient (Wildman–Crippen LogP) is 4.06. The van der Waals surface area contributed by atoms with Gasteiger partial charge in [0.05, 0.1) is 18.3 Å². The minimum atomic E-state index is 0.285. The van der Waals surface area contributed by atoms with Crippen LogP contribution >= 0.6 is 15.9 Å². The first-order valence-electron chi connectivity index (χ1n) is 7.58. The van der Waals surface area contributed by atoms with E-state index < -0.39 is 0 Å². The van der Waals surface area contributed by atoms with Crippen LogP contribution in [0, 0.1) is 5.41 Å². The van der Waals surface area contributed by atoms with E-state index in [0.29, 0.717) is 11.5 Å². The molecule has 3 fully saturated rings. The molecule has 2 atom stereocenters. The first kappa shape index (κ1) is 13.4. The fourth-order valence-electron chi connectivity index (χ4n) is 4.14. The number of halogens is 1. The fourth-order valence-corrected chi connectivity index (χ4v) is 4.81. The molecule has 0 bridgehead atoms. The highest BCUT2D eigenvalue weighted by molar-refractivity contribution is 9.09. The summed E-state index contributed by atoms with van der Waals surface area (Å²) in [6, 6.07) is 0. The lowest BCUT2D eigenvalue weighted by Crippen LogP contribution is -2.37. The van der Waals surface area contributed by atoms with E-state index in [1.165, 1.54) is 57.8 Å². The van der Waals surface area contributed by atoms with Gasteiger partial charge in [0.25, 0.3) is 0 Å². The molecule has 2 heterocycles. The minimum absolute atomic E-state index is 0.285. The Balaban J connectivity index is 1.59. The molecule has 0 amide bonds. The van der Waals surface area contributed by atoms with E-state index >= 15 is 0 Å². The third-order valence-electron chi connectivity index (χ3n) is 5.20. The van der Waals surface area contributed by atoms with Crippen LogP contribution in [0.5, 0.6) is 0 Å². The molecule has 2 saturated heterocycles. The summed E-state index contributed by atoms with van der Waals surface area (Å²) < 4.78 is 12.2. The van der Waals surface area contributed by atoms with Gasteiger partial charge in [0.15, 0.2) is 0 Å². The Hall–Kier alpha value is 0.400.